The number of hydrogen-bond donors (Lipinski definition) is 2. The van der Waals surface area contributed by atoms with Crippen molar-refractivity contribution >= 4 is 40.6 Å². The molecule has 0 bridgehead atoms. The zero-order valence-corrected chi connectivity index (χ0v) is 26.7. The first-order valence-electron chi connectivity index (χ1n) is 12.6. The fourth-order valence-corrected chi connectivity index (χ4v) is 5.86. The molecule has 2 saturated heterocycles. The Morgan fingerprint density at radius 3 is 2.54 bits per heavy atom. The smallest absolute Gasteiger partial charge is 0.253 e. The Bertz CT molecular complexity index is 1380. The van der Waals surface area contributed by atoms with Crippen LogP contribution in [-0.2, 0) is 27.3 Å². The first-order chi connectivity index (χ1) is 18.3. The molecular formula is C28H26CdCl2FN4O3-. The van der Waals surface area contributed by atoms with Crippen LogP contribution in [-0.4, -0.2) is 58.8 Å². The molecular weight excluding hydrogens is 643 g/mol. The number of carbonyl (C=O) groups excluding carboxylic acids is 1. The summed E-state index contributed by atoms with van der Waals surface area (Å²) in [6, 6.07) is 11.3. The summed E-state index contributed by atoms with van der Waals surface area (Å²) in [6.07, 6.45) is 1.27. The molecule has 1 aromatic heterocycles. The van der Waals surface area contributed by atoms with Gasteiger partial charge in [-0.15, -0.1) is 0 Å². The van der Waals surface area contributed by atoms with E-state index in [0.29, 0.717) is 52.3 Å². The third kappa shape index (κ3) is 5.63. The van der Waals surface area contributed by atoms with Gasteiger partial charge in [-0.2, -0.15) is 0 Å². The molecule has 2 aliphatic heterocycles. The number of nitrogens with zero attached hydrogens (tertiary/aromatic N) is 4. The van der Waals surface area contributed by atoms with Gasteiger partial charge in [-0.25, -0.2) is 4.39 Å². The van der Waals surface area contributed by atoms with Gasteiger partial charge in [0.1, 0.15) is 5.82 Å². The van der Waals surface area contributed by atoms with Crippen LogP contribution in [0.3, 0.4) is 0 Å². The van der Waals surface area contributed by atoms with Crippen LogP contribution in [0.25, 0.3) is 16.4 Å². The number of carbonyl (C=O) groups is 1. The maximum atomic E-state index is 14.4. The quantitative estimate of drug-likeness (QED) is 0.329. The van der Waals surface area contributed by atoms with E-state index in [1.807, 2.05) is 6.07 Å². The molecule has 1 amide bonds. The Hall–Kier alpha value is -1.99. The van der Waals surface area contributed by atoms with Crippen molar-refractivity contribution in [2.45, 2.75) is 12.6 Å². The third-order valence-corrected chi connectivity index (χ3v) is 8.36. The summed E-state index contributed by atoms with van der Waals surface area (Å²) in [4.78, 5) is 21.4. The molecule has 3 fully saturated rings. The van der Waals surface area contributed by atoms with E-state index in [0.717, 1.165) is 13.1 Å². The monoisotopic (exact) mass is 669 g/mol. The van der Waals surface area contributed by atoms with Gasteiger partial charge in [-0.05, 0) is 66.0 Å². The van der Waals surface area contributed by atoms with Gasteiger partial charge in [0.25, 0.3) is 5.91 Å². The molecule has 1 saturated carbocycles. The molecule has 0 radical (unpaired) electrons. The number of benzene rings is 2. The van der Waals surface area contributed by atoms with Crippen LogP contribution in [0, 0.1) is 23.6 Å². The van der Waals surface area contributed by atoms with Crippen LogP contribution in [0.1, 0.15) is 28.6 Å². The van der Waals surface area contributed by atoms with Gasteiger partial charge in [0.15, 0.2) is 0 Å². The number of fused-ring (bicyclic) bond motifs is 1. The van der Waals surface area contributed by atoms with E-state index in [4.69, 9.17) is 23.2 Å². The number of amides is 1. The number of pyridine rings is 1. The Morgan fingerprint density at radius 2 is 1.85 bits per heavy atom. The minimum absolute atomic E-state index is 0. The van der Waals surface area contributed by atoms with Gasteiger partial charge < -0.3 is 30.3 Å². The molecule has 6 rings (SSSR count). The van der Waals surface area contributed by atoms with E-state index in [1.54, 1.807) is 29.3 Å². The maximum Gasteiger partial charge on any atom is 0.253 e. The van der Waals surface area contributed by atoms with Crippen molar-refractivity contribution in [2.75, 3.05) is 37.7 Å². The van der Waals surface area contributed by atoms with Gasteiger partial charge in [0.05, 0.1) is 6.23 Å². The first-order valence-corrected chi connectivity index (χ1v) is 13.4. The van der Waals surface area contributed by atoms with Crippen LogP contribution >= 0.6 is 23.2 Å². The average molecular weight is 669 g/mol. The molecule has 7 nitrogen and oxygen atoms in total. The molecule has 3 aliphatic rings. The van der Waals surface area contributed by atoms with Crippen LogP contribution in [0.15, 0.2) is 48.7 Å². The normalized spacial score (nSPS) is 20.6. The van der Waals surface area contributed by atoms with Gasteiger partial charge in [-0.3, -0.25) is 4.79 Å². The van der Waals surface area contributed by atoms with E-state index in [-0.39, 0.29) is 62.1 Å². The summed E-state index contributed by atoms with van der Waals surface area (Å²) in [5, 5.41) is 25.0. The Morgan fingerprint density at radius 1 is 1.10 bits per heavy atom. The van der Waals surface area contributed by atoms with Crippen molar-refractivity contribution in [3.05, 3.63) is 81.0 Å². The second-order valence-corrected chi connectivity index (χ2v) is 11.1. The number of piperidine rings is 1. The van der Waals surface area contributed by atoms with E-state index in [1.165, 1.54) is 24.6 Å². The second-order valence-electron chi connectivity index (χ2n) is 10.3. The van der Waals surface area contributed by atoms with E-state index in [9.17, 15) is 19.4 Å². The number of hydrogen-bond acceptors (Lipinski definition) is 5. The molecule has 3 heterocycles. The van der Waals surface area contributed by atoms with Crippen molar-refractivity contribution in [3.63, 3.8) is 0 Å². The fraction of sp³-hybridized carbons (Fsp3) is 0.357. The van der Waals surface area contributed by atoms with Gasteiger partial charge in [0.2, 0.25) is 0 Å². The summed E-state index contributed by atoms with van der Waals surface area (Å²) < 4.78 is 14.4. The first kappa shape index (κ1) is 28.5. The number of anilines is 1. The van der Waals surface area contributed by atoms with Crippen LogP contribution in [0.2, 0.25) is 10.0 Å². The molecule has 3 unspecified atom stereocenters. The van der Waals surface area contributed by atoms with Crippen LogP contribution in [0.5, 0.6) is 0 Å². The topological polar surface area (TPSA) is 91.0 Å². The van der Waals surface area contributed by atoms with Crippen molar-refractivity contribution in [3.8, 4) is 11.1 Å². The molecule has 200 valence electrons. The number of likely N-dealkylation sites (tertiary alicyclic amines) is 1. The number of aromatic nitrogens is 1. The number of halogens is 3. The van der Waals surface area contributed by atoms with Crippen molar-refractivity contribution in [1.29, 1.82) is 0 Å². The Balaban J connectivity index is 0.00000308. The summed E-state index contributed by atoms with van der Waals surface area (Å²) in [6.45, 7) is 2.82. The standard InChI is InChI=1S/C28H26Cl2FN4O3.Cd/c29-21-5-4-16(28(38)35-10-15(11-35)14-36)7-20(21)17-8-24(34-12-18-6-19(18)13-34)26(32-9-17)33-27(37)25-22(30)2-1-3-23(25)31;/h1-5,7-9,15,18-19,27,36-37H,6,10-14H2;/q-1;. The maximum absolute atomic E-state index is 14.4. The molecule has 39 heavy (non-hydrogen) atoms. The molecule has 1 aliphatic carbocycles. The number of rotatable bonds is 7. The molecule has 3 aromatic rings. The molecule has 11 heteroatoms. The average Bonchev–Trinajstić information content (AvgIpc) is 3.48. The SMILES string of the molecule is O=C(c1ccc(Cl)c(-c2cnc([N-]C(O)c3c(F)cccc3Cl)c(N3CC4CC4C3)c2)c1)N1CC(CO)C1.[Cd]. The molecule has 3 atom stereocenters. The van der Waals surface area contributed by atoms with Crippen molar-refractivity contribution < 1.29 is 46.7 Å². The minimum Gasteiger partial charge on any atom is -0.440 e. The zero-order chi connectivity index (χ0) is 26.6. The molecule has 2 aromatic carbocycles. The third-order valence-electron chi connectivity index (χ3n) is 7.70. The van der Waals surface area contributed by atoms with Crippen molar-refractivity contribution in [1.82, 2.24) is 9.88 Å². The molecule has 0 spiro atoms. The van der Waals surface area contributed by atoms with E-state index < -0.39 is 12.0 Å². The van der Waals surface area contributed by atoms with Gasteiger partial charge >= 0.3 is 0 Å². The minimum atomic E-state index is -1.53. The molecule has 2 N–H and O–H groups in total. The summed E-state index contributed by atoms with van der Waals surface area (Å²) in [7, 11) is 0. The number of aliphatic hydroxyl groups excluding tert-OH is 2. The van der Waals surface area contributed by atoms with E-state index in [2.05, 4.69) is 15.2 Å². The van der Waals surface area contributed by atoms with Crippen molar-refractivity contribution in [2.24, 2.45) is 17.8 Å². The summed E-state index contributed by atoms with van der Waals surface area (Å²) in [5.41, 5.74) is 2.47. The Labute approximate surface area is 256 Å². The second kappa shape index (κ2) is 11.5. The predicted octanol–water partition coefficient (Wildman–Crippen LogP) is 5.41. The summed E-state index contributed by atoms with van der Waals surface area (Å²) in [5.74, 6) is 0.894. The number of aliphatic hydroxyl groups is 2. The van der Waals surface area contributed by atoms with Gasteiger partial charge in [-0.1, -0.05) is 35.5 Å². The van der Waals surface area contributed by atoms with E-state index >= 15 is 0 Å². The van der Waals surface area contributed by atoms with Crippen LogP contribution in [0.4, 0.5) is 15.9 Å². The van der Waals surface area contributed by atoms with Crippen LogP contribution < -0.4 is 4.90 Å². The Kier molecular flexibility index (Phi) is 8.40. The largest absolute Gasteiger partial charge is 0.440 e. The van der Waals surface area contributed by atoms with Gasteiger partial charge in [0, 0.05) is 98.4 Å². The summed E-state index contributed by atoms with van der Waals surface area (Å²) >= 11 is 12.7. The predicted molar refractivity (Wildman–Crippen MR) is 144 cm³/mol. The zero-order valence-electron chi connectivity index (χ0n) is 21.1. The fourth-order valence-electron chi connectivity index (χ4n) is 5.37.